The first kappa shape index (κ1) is 11.9. The highest BCUT2D eigenvalue weighted by atomic mass is 16.3. The lowest BCUT2D eigenvalue weighted by atomic mass is 9.90. The molecule has 3 fully saturated rings. The van der Waals surface area contributed by atoms with Crippen LogP contribution in [0.2, 0.25) is 0 Å². The van der Waals surface area contributed by atoms with Gasteiger partial charge in [-0.25, -0.2) is 0 Å². The Morgan fingerprint density at radius 2 is 1.94 bits per heavy atom. The molecule has 2 unspecified atom stereocenters. The summed E-state index contributed by atoms with van der Waals surface area (Å²) in [6.45, 7) is 0.318. The maximum absolute atomic E-state index is 9.72. The molecule has 17 heavy (non-hydrogen) atoms. The summed E-state index contributed by atoms with van der Waals surface area (Å²) in [6.07, 6.45) is 10.4. The van der Waals surface area contributed by atoms with E-state index in [4.69, 9.17) is 0 Å². The van der Waals surface area contributed by atoms with Gasteiger partial charge in [0, 0.05) is 23.7 Å². The fraction of sp³-hybridized carbons (Fsp3) is 1.00. The van der Waals surface area contributed by atoms with Crippen LogP contribution >= 0.6 is 0 Å². The lowest BCUT2D eigenvalue weighted by Gasteiger charge is -2.39. The van der Waals surface area contributed by atoms with E-state index >= 15 is 0 Å². The van der Waals surface area contributed by atoms with Crippen LogP contribution in [0.4, 0.5) is 0 Å². The van der Waals surface area contributed by atoms with Gasteiger partial charge in [-0.3, -0.25) is 0 Å². The normalized spacial score (nSPS) is 38.6. The van der Waals surface area contributed by atoms with E-state index in [1.807, 2.05) is 0 Å². The maximum Gasteiger partial charge on any atom is 0.0614 e. The van der Waals surface area contributed by atoms with E-state index in [1.165, 1.54) is 38.5 Å². The molecular weight excluding hydrogens is 212 g/mol. The Morgan fingerprint density at radius 3 is 2.47 bits per heavy atom. The summed E-state index contributed by atoms with van der Waals surface area (Å²) in [4.78, 5) is 2.59. The molecule has 0 radical (unpaired) electrons. The second-order valence-corrected chi connectivity index (χ2v) is 6.50. The van der Waals surface area contributed by atoms with Gasteiger partial charge < -0.3 is 15.3 Å². The van der Waals surface area contributed by atoms with Gasteiger partial charge in [0.05, 0.1) is 6.61 Å². The monoisotopic (exact) mass is 238 g/mol. The average Bonchev–Trinajstić information content (AvgIpc) is 2.94. The van der Waals surface area contributed by atoms with E-state index in [9.17, 15) is 5.11 Å². The molecule has 3 aliphatic rings. The fourth-order valence-corrected chi connectivity index (χ4v) is 3.52. The van der Waals surface area contributed by atoms with Gasteiger partial charge in [0.15, 0.2) is 0 Å². The second kappa shape index (κ2) is 4.52. The topological polar surface area (TPSA) is 35.5 Å². The van der Waals surface area contributed by atoms with Gasteiger partial charge in [-0.05, 0) is 52.0 Å². The van der Waals surface area contributed by atoms with Crippen molar-refractivity contribution in [1.29, 1.82) is 0 Å². The van der Waals surface area contributed by atoms with Gasteiger partial charge in [-0.15, -0.1) is 0 Å². The van der Waals surface area contributed by atoms with Crippen molar-refractivity contribution in [2.75, 3.05) is 13.7 Å². The number of nitrogens with zero attached hydrogens (tertiary/aromatic N) is 1. The van der Waals surface area contributed by atoms with E-state index < -0.39 is 0 Å². The van der Waals surface area contributed by atoms with Crippen molar-refractivity contribution in [3.8, 4) is 0 Å². The second-order valence-electron chi connectivity index (χ2n) is 6.50. The summed E-state index contributed by atoms with van der Waals surface area (Å²) in [7, 11) is 2.29. The Bertz CT molecular complexity index is 275. The van der Waals surface area contributed by atoms with Crippen LogP contribution in [0.15, 0.2) is 0 Å². The summed E-state index contributed by atoms with van der Waals surface area (Å²) in [5.41, 5.74) is 0.0455. The summed E-state index contributed by atoms with van der Waals surface area (Å²) in [5.74, 6) is 0. The molecule has 3 aliphatic carbocycles. The van der Waals surface area contributed by atoms with Crippen LogP contribution in [0.25, 0.3) is 0 Å². The molecule has 0 aromatic heterocycles. The smallest absolute Gasteiger partial charge is 0.0614 e. The zero-order valence-electron chi connectivity index (χ0n) is 11.0. The van der Waals surface area contributed by atoms with E-state index in [1.54, 1.807) is 0 Å². The average molecular weight is 238 g/mol. The molecule has 2 N–H and O–H groups in total. The predicted octanol–water partition coefficient (Wildman–Crippen LogP) is 1.51. The minimum Gasteiger partial charge on any atom is -0.394 e. The number of nitrogens with one attached hydrogen (secondary N) is 1. The lowest BCUT2D eigenvalue weighted by molar-refractivity contribution is 0.0976. The standard InChI is InChI=1S/C14H26N2O/c1-16(12-3-2-4-12)13-7-8-14(9-13,10-17)15-11-5-6-11/h11-13,15,17H,2-10H2,1H3. The minimum absolute atomic E-state index is 0.0455. The number of rotatable bonds is 5. The van der Waals surface area contributed by atoms with Crippen molar-refractivity contribution in [2.45, 2.75) is 75.0 Å². The molecule has 0 saturated heterocycles. The van der Waals surface area contributed by atoms with Crippen LogP contribution in [0.3, 0.4) is 0 Å². The Morgan fingerprint density at radius 1 is 1.18 bits per heavy atom. The van der Waals surface area contributed by atoms with E-state index in [-0.39, 0.29) is 5.54 Å². The summed E-state index contributed by atoms with van der Waals surface area (Å²) < 4.78 is 0. The molecule has 0 aliphatic heterocycles. The van der Waals surface area contributed by atoms with Crippen LogP contribution in [-0.2, 0) is 0 Å². The zero-order chi connectivity index (χ0) is 11.9. The molecule has 98 valence electrons. The first-order valence-corrected chi connectivity index (χ1v) is 7.33. The minimum atomic E-state index is 0.0455. The summed E-state index contributed by atoms with van der Waals surface area (Å²) in [6, 6.07) is 2.23. The van der Waals surface area contributed by atoms with Crippen LogP contribution < -0.4 is 5.32 Å². The highest BCUT2D eigenvalue weighted by molar-refractivity contribution is 5.03. The lowest BCUT2D eigenvalue weighted by Crippen LogP contribution is -2.50. The highest BCUT2D eigenvalue weighted by Gasteiger charge is 2.44. The molecular formula is C14H26N2O. The van der Waals surface area contributed by atoms with Gasteiger partial charge >= 0.3 is 0 Å². The van der Waals surface area contributed by atoms with Crippen molar-refractivity contribution in [3.05, 3.63) is 0 Å². The fourth-order valence-electron chi connectivity index (χ4n) is 3.52. The molecule has 0 amide bonds. The largest absolute Gasteiger partial charge is 0.394 e. The molecule has 0 aromatic carbocycles. The van der Waals surface area contributed by atoms with Gasteiger partial charge in [0.1, 0.15) is 0 Å². The Labute approximate surface area is 105 Å². The predicted molar refractivity (Wildman–Crippen MR) is 69.0 cm³/mol. The van der Waals surface area contributed by atoms with Gasteiger partial charge in [-0.1, -0.05) is 6.42 Å². The van der Waals surface area contributed by atoms with Crippen molar-refractivity contribution in [2.24, 2.45) is 0 Å². The van der Waals surface area contributed by atoms with E-state index in [0.29, 0.717) is 18.7 Å². The SMILES string of the molecule is CN(C1CCC1)C1CCC(CO)(NC2CC2)C1. The van der Waals surface area contributed by atoms with Crippen molar-refractivity contribution in [3.63, 3.8) is 0 Å². The molecule has 3 nitrogen and oxygen atoms in total. The number of aliphatic hydroxyl groups is 1. The van der Waals surface area contributed by atoms with Crippen molar-refractivity contribution < 1.29 is 5.11 Å². The first-order chi connectivity index (χ1) is 8.22. The molecule has 3 heteroatoms. The third-order valence-corrected chi connectivity index (χ3v) is 5.20. The Balaban J connectivity index is 1.58. The van der Waals surface area contributed by atoms with E-state index in [0.717, 1.165) is 18.9 Å². The molecule has 0 aromatic rings. The number of hydrogen-bond donors (Lipinski definition) is 2. The number of aliphatic hydroxyl groups excluding tert-OH is 1. The highest BCUT2D eigenvalue weighted by Crippen LogP contribution is 2.38. The van der Waals surface area contributed by atoms with Gasteiger partial charge in [0.25, 0.3) is 0 Å². The molecule has 0 heterocycles. The molecule has 0 spiro atoms. The third-order valence-electron chi connectivity index (χ3n) is 5.20. The van der Waals surface area contributed by atoms with Crippen molar-refractivity contribution >= 4 is 0 Å². The van der Waals surface area contributed by atoms with Gasteiger partial charge in [-0.2, -0.15) is 0 Å². The summed E-state index contributed by atoms with van der Waals surface area (Å²) in [5, 5.41) is 13.4. The van der Waals surface area contributed by atoms with Crippen LogP contribution in [0, 0.1) is 0 Å². The number of hydrogen-bond acceptors (Lipinski definition) is 3. The molecule has 3 rings (SSSR count). The third kappa shape index (κ3) is 2.38. The zero-order valence-corrected chi connectivity index (χ0v) is 11.0. The maximum atomic E-state index is 9.72. The van der Waals surface area contributed by atoms with E-state index in [2.05, 4.69) is 17.3 Å². The molecule has 2 atom stereocenters. The van der Waals surface area contributed by atoms with Crippen LogP contribution in [-0.4, -0.2) is 47.3 Å². The Kier molecular flexibility index (Phi) is 3.18. The molecule has 3 saturated carbocycles. The quantitative estimate of drug-likeness (QED) is 0.762. The summed E-state index contributed by atoms with van der Waals surface area (Å²) >= 11 is 0. The molecule has 0 bridgehead atoms. The van der Waals surface area contributed by atoms with Gasteiger partial charge in [0.2, 0.25) is 0 Å². The van der Waals surface area contributed by atoms with Crippen molar-refractivity contribution in [1.82, 2.24) is 10.2 Å². The van der Waals surface area contributed by atoms with Crippen LogP contribution in [0.5, 0.6) is 0 Å². The Hall–Kier alpha value is -0.120. The van der Waals surface area contributed by atoms with Crippen LogP contribution in [0.1, 0.15) is 51.4 Å². The first-order valence-electron chi connectivity index (χ1n) is 7.33.